The Labute approximate surface area is 92.9 Å². The molecular weight excluding hydrogens is 210 g/mol. The molecule has 0 fully saturated rings. The number of phenols is 1. The Morgan fingerprint density at radius 1 is 1.50 bits per heavy atom. The SMILES string of the molecule is CC(C)C(=O)Cc1ccc(O)c([N+](=O)[O-])c1. The fraction of sp³-hybridized carbons (Fsp3) is 0.364. The predicted molar refractivity (Wildman–Crippen MR) is 58.3 cm³/mol. The van der Waals surface area contributed by atoms with Gasteiger partial charge in [-0.2, -0.15) is 0 Å². The molecule has 0 aliphatic rings. The smallest absolute Gasteiger partial charge is 0.310 e. The van der Waals surface area contributed by atoms with Gasteiger partial charge in [0.1, 0.15) is 5.78 Å². The number of carbonyl (C=O) groups excluding carboxylic acids is 1. The van der Waals surface area contributed by atoms with E-state index >= 15 is 0 Å². The number of benzene rings is 1. The van der Waals surface area contributed by atoms with Gasteiger partial charge in [0.2, 0.25) is 0 Å². The summed E-state index contributed by atoms with van der Waals surface area (Å²) in [6, 6.07) is 3.99. The highest BCUT2D eigenvalue weighted by molar-refractivity contribution is 5.82. The Balaban J connectivity index is 2.95. The molecule has 5 nitrogen and oxygen atoms in total. The number of phenolic OH excluding ortho intramolecular Hbond substituents is 1. The van der Waals surface area contributed by atoms with Crippen LogP contribution in [0.5, 0.6) is 5.75 Å². The van der Waals surface area contributed by atoms with E-state index in [0.29, 0.717) is 5.56 Å². The second-order valence-electron chi connectivity index (χ2n) is 3.88. The molecule has 0 atom stereocenters. The lowest BCUT2D eigenvalue weighted by molar-refractivity contribution is -0.385. The molecule has 0 aliphatic heterocycles. The van der Waals surface area contributed by atoms with Gasteiger partial charge in [-0.15, -0.1) is 0 Å². The van der Waals surface area contributed by atoms with E-state index in [2.05, 4.69) is 0 Å². The van der Waals surface area contributed by atoms with Crippen molar-refractivity contribution in [1.29, 1.82) is 0 Å². The highest BCUT2D eigenvalue weighted by atomic mass is 16.6. The molecule has 0 unspecified atom stereocenters. The number of hydrogen-bond donors (Lipinski definition) is 1. The van der Waals surface area contributed by atoms with E-state index in [0.717, 1.165) is 0 Å². The van der Waals surface area contributed by atoms with Gasteiger partial charge in [0.05, 0.1) is 4.92 Å². The number of rotatable bonds is 4. The van der Waals surface area contributed by atoms with Crippen LogP contribution in [0.25, 0.3) is 0 Å². The molecule has 1 aromatic carbocycles. The minimum absolute atomic E-state index is 0.0139. The Morgan fingerprint density at radius 3 is 2.62 bits per heavy atom. The van der Waals surface area contributed by atoms with Crippen LogP contribution in [0.4, 0.5) is 5.69 Å². The van der Waals surface area contributed by atoms with Gasteiger partial charge in [0, 0.05) is 18.4 Å². The van der Waals surface area contributed by atoms with Crippen molar-refractivity contribution < 1.29 is 14.8 Å². The maximum absolute atomic E-state index is 11.4. The molecule has 0 saturated carbocycles. The van der Waals surface area contributed by atoms with Gasteiger partial charge in [0.15, 0.2) is 5.75 Å². The van der Waals surface area contributed by atoms with Gasteiger partial charge in [-0.25, -0.2) is 0 Å². The highest BCUT2D eigenvalue weighted by Crippen LogP contribution is 2.26. The number of nitro groups is 1. The maximum atomic E-state index is 11.4. The third kappa shape index (κ3) is 2.79. The number of carbonyl (C=O) groups is 1. The molecule has 0 amide bonds. The van der Waals surface area contributed by atoms with Crippen LogP contribution < -0.4 is 0 Å². The molecule has 0 aromatic heterocycles. The molecule has 86 valence electrons. The molecule has 1 aromatic rings. The number of nitro benzene ring substituents is 1. The molecule has 0 aliphatic carbocycles. The summed E-state index contributed by atoms with van der Waals surface area (Å²) in [4.78, 5) is 21.3. The van der Waals surface area contributed by atoms with E-state index < -0.39 is 4.92 Å². The minimum Gasteiger partial charge on any atom is -0.502 e. The quantitative estimate of drug-likeness (QED) is 0.625. The number of Topliss-reactive ketones (excluding diaryl/α,β-unsaturated/α-hetero) is 1. The van der Waals surface area contributed by atoms with Gasteiger partial charge in [-0.3, -0.25) is 14.9 Å². The average Bonchev–Trinajstić information content (AvgIpc) is 2.20. The molecule has 0 bridgehead atoms. The van der Waals surface area contributed by atoms with E-state index in [4.69, 9.17) is 0 Å². The lowest BCUT2D eigenvalue weighted by Gasteiger charge is -2.04. The summed E-state index contributed by atoms with van der Waals surface area (Å²) in [6.45, 7) is 3.55. The van der Waals surface area contributed by atoms with Crippen LogP contribution in [0.2, 0.25) is 0 Å². The van der Waals surface area contributed by atoms with E-state index in [1.807, 2.05) is 0 Å². The van der Waals surface area contributed by atoms with Gasteiger partial charge < -0.3 is 5.11 Å². The summed E-state index contributed by atoms with van der Waals surface area (Å²) >= 11 is 0. The fourth-order valence-corrected chi connectivity index (χ4v) is 1.23. The van der Waals surface area contributed by atoms with E-state index in [-0.39, 0.29) is 29.6 Å². The lowest BCUT2D eigenvalue weighted by atomic mass is 10.0. The minimum atomic E-state index is -0.668. The number of hydrogen-bond acceptors (Lipinski definition) is 4. The van der Waals surface area contributed by atoms with Crippen molar-refractivity contribution in [3.05, 3.63) is 33.9 Å². The van der Waals surface area contributed by atoms with Gasteiger partial charge in [0.25, 0.3) is 0 Å². The largest absolute Gasteiger partial charge is 0.502 e. The summed E-state index contributed by atoms with van der Waals surface area (Å²) in [5, 5.41) is 19.8. The van der Waals surface area contributed by atoms with Crippen LogP contribution in [0.15, 0.2) is 18.2 Å². The second kappa shape index (κ2) is 4.74. The van der Waals surface area contributed by atoms with E-state index in [9.17, 15) is 20.0 Å². The number of aromatic hydroxyl groups is 1. The van der Waals surface area contributed by atoms with Crippen molar-refractivity contribution in [1.82, 2.24) is 0 Å². The standard InChI is InChI=1S/C11H13NO4/c1-7(2)11(14)6-8-3-4-10(13)9(5-8)12(15)16/h3-5,7,13H,6H2,1-2H3. The first-order valence-corrected chi connectivity index (χ1v) is 4.91. The summed E-state index contributed by atoms with van der Waals surface area (Å²) in [5.41, 5.74) is 0.178. The van der Waals surface area contributed by atoms with Crippen LogP contribution in [0.1, 0.15) is 19.4 Å². The summed E-state index contributed by atoms with van der Waals surface area (Å²) < 4.78 is 0. The Morgan fingerprint density at radius 2 is 2.12 bits per heavy atom. The normalized spacial score (nSPS) is 10.4. The first-order valence-electron chi connectivity index (χ1n) is 4.91. The molecule has 0 heterocycles. The Hall–Kier alpha value is -1.91. The van der Waals surface area contributed by atoms with Crippen molar-refractivity contribution in [2.24, 2.45) is 5.92 Å². The summed E-state index contributed by atoms with van der Waals surface area (Å²) in [5.74, 6) is -0.474. The molecule has 5 heteroatoms. The van der Waals surface area contributed by atoms with Crippen molar-refractivity contribution in [2.45, 2.75) is 20.3 Å². The molecule has 0 saturated heterocycles. The molecule has 0 radical (unpaired) electrons. The van der Waals surface area contributed by atoms with Gasteiger partial charge >= 0.3 is 5.69 Å². The zero-order valence-corrected chi connectivity index (χ0v) is 9.14. The zero-order chi connectivity index (χ0) is 12.3. The number of ketones is 1. The topological polar surface area (TPSA) is 80.4 Å². The molecule has 1 rings (SSSR count). The van der Waals surface area contributed by atoms with E-state index in [1.165, 1.54) is 18.2 Å². The summed E-state index contributed by atoms with van der Waals surface area (Å²) in [6.07, 6.45) is 0.152. The zero-order valence-electron chi connectivity index (χ0n) is 9.14. The predicted octanol–water partition coefficient (Wildman–Crippen LogP) is 2.07. The maximum Gasteiger partial charge on any atom is 0.310 e. The van der Waals surface area contributed by atoms with Gasteiger partial charge in [-0.1, -0.05) is 19.9 Å². The third-order valence-electron chi connectivity index (χ3n) is 2.26. The van der Waals surface area contributed by atoms with Crippen LogP contribution in [-0.2, 0) is 11.2 Å². The third-order valence-corrected chi connectivity index (χ3v) is 2.26. The van der Waals surface area contributed by atoms with Crippen molar-refractivity contribution in [3.63, 3.8) is 0 Å². The molecule has 1 N–H and O–H groups in total. The first-order chi connectivity index (χ1) is 7.41. The van der Waals surface area contributed by atoms with Crippen LogP contribution in [-0.4, -0.2) is 15.8 Å². The summed E-state index contributed by atoms with van der Waals surface area (Å²) in [7, 11) is 0. The van der Waals surface area contributed by atoms with Crippen LogP contribution in [0.3, 0.4) is 0 Å². The van der Waals surface area contributed by atoms with Crippen LogP contribution in [0, 0.1) is 16.0 Å². The monoisotopic (exact) mass is 223 g/mol. The average molecular weight is 223 g/mol. The molecule has 16 heavy (non-hydrogen) atoms. The van der Waals surface area contributed by atoms with Crippen molar-refractivity contribution >= 4 is 11.5 Å². The Bertz CT molecular complexity index is 426. The Kier molecular flexibility index (Phi) is 3.60. The fourth-order valence-electron chi connectivity index (χ4n) is 1.23. The lowest BCUT2D eigenvalue weighted by Crippen LogP contribution is -2.10. The molecule has 0 spiro atoms. The van der Waals surface area contributed by atoms with Crippen molar-refractivity contribution in [2.75, 3.05) is 0 Å². The van der Waals surface area contributed by atoms with Crippen LogP contribution >= 0.6 is 0 Å². The first kappa shape index (κ1) is 12.2. The molecular formula is C11H13NO4. The second-order valence-corrected chi connectivity index (χ2v) is 3.88. The van der Waals surface area contributed by atoms with Gasteiger partial charge in [-0.05, 0) is 11.6 Å². The van der Waals surface area contributed by atoms with E-state index in [1.54, 1.807) is 13.8 Å². The van der Waals surface area contributed by atoms with Crippen molar-refractivity contribution in [3.8, 4) is 5.75 Å². The number of nitrogens with zero attached hydrogens (tertiary/aromatic N) is 1. The highest BCUT2D eigenvalue weighted by Gasteiger charge is 2.15.